The van der Waals surface area contributed by atoms with Gasteiger partial charge >= 0.3 is 0 Å². The summed E-state index contributed by atoms with van der Waals surface area (Å²) in [6.45, 7) is 2.52. The molecule has 9 heteroatoms. The number of rotatable bonds is 4. The Hall–Kier alpha value is -3.10. The third kappa shape index (κ3) is 2.88. The highest BCUT2D eigenvalue weighted by Gasteiger charge is 2.36. The molecule has 25 heavy (non-hydrogen) atoms. The fraction of sp³-hybridized carbons (Fsp3) is 0.312. The molecule has 128 valence electrons. The Morgan fingerprint density at radius 3 is 2.92 bits per heavy atom. The van der Waals surface area contributed by atoms with Gasteiger partial charge in [-0.1, -0.05) is 28.6 Å². The maximum absolute atomic E-state index is 14.0. The lowest BCUT2D eigenvalue weighted by molar-refractivity contribution is 0.0446. The van der Waals surface area contributed by atoms with Gasteiger partial charge in [-0.05, 0) is 12.5 Å². The van der Waals surface area contributed by atoms with Gasteiger partial charge in [-0.2, -0.15) is 4.98 Å². The van der Waals surface area contributed by atoms with Gasteiger partial charge in [0, 0.05) is 19.0 Å². The summed E-state index contributed by atoms with van der Waals surface area (Å²) in [5.41, 5.74) is 0.734. The Morgan fingerprint density at radius 2 is 2.24 bits per heavy atom. The second kappa shape index (κ2) is 6.08. The fourth-order valence-corrected chi connectivity index (χ4v) is 2.87. The maximum atomic E-state index is 14.0. The molecule has 1 unspecified atom stereocenters. The van der Waals surface area contributed by atoms with E-state index in [9.17, 15) is 9.18 Å². The number of aryl methyl sites for hydroxylation is 1. The van der Waals surface area contributed by atoms with E-state index in [-0.39, 0.29) is 30.0 Å². The first-order valence-corrected chi connectivity index (χ1v) is 7.86. The number of nitrogens with zero attached hydrogens (tertiary/aromatic N) is 6. The third-order valence-electron chi connectivity index (χ3n) is 4.18. The van der Waals surface area contributed by atoms with Gasteiger partial charge in [0.25, 0.3) is 5.91 Å². The van der Waals surface area contributed by atoms with Crippen LogP contribution in [0, 0.1) is 12.7 Å². The summed E-state index contributed by atoms with van der Waals surface area (Å²) in [4.78, 5) is 18.3. The van der Waals surface area contributed by atoms with E-state index in [1.807, 2.05) is 0 Å². The largest absolute Gasteiger partial charge is 0.340 e. The van der Waals surface area contributed by atoms with Gasteiger partial charge in [0.15, 0.2) is 11.5 Å². The molecular formula is C16H15FN6O2. The Morgan fingerprint density at radius 1 is 1.40 bits per heavy atom. The van der Waals surface area contributed by atoms with Crippen molar-refractivity contribution in [2.75, 3.05) is 6.54 Å². The minimum absolute atomic E-state index is 0.209. The van der Waals surface area contributed by atoms with Crippen LogP contribution in [0.15, 0.2) is 35.0 Å². The Bertz CT molecular complexity index is 921. The van der Waals surface area contributed by atoms with Gasteiger partial charge in [-0.25, -0.2) is 9.07 Å². The van der Waals surface area contributed by atoms with Gasteiger partial charge in [-0.3, -0.25) is 4.79 Å². The molecule has 3 heterocycles. The van der Waals surface area contributed by atoms with E-state index in [1.54, 1.807) is 30.0 Å². The summed E-state index contributed by atoms with van der Waals surface area (Å²) in [5.74, 6) is 0.338. The molecule has 1 fully saturated rings. The van der Waals surface area contributed by atoms with Gasteiger partial charge in [-0.15, -0.1) is 5.10 Å². The lowest BCUT2D eigenvalue weighted by Gasteiger charge is -2.40. The predicted octanol–water partition coefficient (Wildman–Crippen LogP) is 1.74. The van der Waals surface area contributed by atoms with E-state index in [2.05, 4.69) is 20.5 Å². The molecule has 1 aliphatic heterocycles. The topological polar surface area (TPSA) is 89.9 Å². The van der Waals surface area contributed by atoms with Crippen molar-refractivity contribution < 1.29 is 13.7 Å². The second-order valence-corrected chi connectivity index (χ2v) is 5.86. The predicted molar refractivity (Wildman–Crippen MR) is 83.0 cm³/mol. The second-order valence-electron chi connectivity index (χ2n) is 5.86. The van der Waals surface area contributed by atoms with Gasteiger partial charge in [0.2, 0.25) is 5.89 Å². The quantitative estimate of drug-likeness (QED) is 0.717. The van der Waals surface area contributed by atoms with Crippen LogP contribution in [0.1, 0.15) is 40.2 Å². The van der Waals surface area contributed by atoms with Crippen LogP contribution < -0.4 is 0 Å². The molecule has 0 radical (unpaired) electrons. The molecule has 4 rings (SSSR count). The molecule has 0 bridgehead atoms. The summed E-state index contributed by atoms with van der Waals surface area (Å²) >= 11 is 0. The van der Waals surface area contributed by atoms with Crippen LogP contribution in [0.25, 0.3) is 0 Å². The van der Waals surface area contributed by atoms with Crippen molar-refractivity contribution in [3.8, 4) is 0 Å². The number of hydrogen-bond acceptors (Lipinski definition) is 6. The van der Waals surface area contributed by atoms with Crippen molar-refractivity contribution in [2.24, 2.45) is 0 Å². The van der Waals surface area contributed by atoms with Crippen LogP contribution in [0.3, 0.4) is 0 Å². The zero-order valence-corrected chi connectivity index (χ0v) is 13.5. The average Bonchev–Trinajstić information content (AvgIpc) is 3.18. The number of halogens is 1. The van der Waals surface area contributed by atoms with Crippen molar-refractivity contribution in [2.45, 2.75) is 25.9 Å². The highest BCUT2D eigenvalue weighted by Crippen LogP contribution is 2.35. The molecule has 1 aliphatic rings. The first-order chi connectivity index (χ1) is 12.1. The normalized spacial score (nSPS) is 16.7. The Balaban J connectivity index is 1.49. The molecule has 0 saturated carbocycles. The third-order valence-corrected chi connectivity index (χ3v) is 4.18. The minimum atomic E-state index is -0.305. The van der Waals surface area contributed by atoms with Crippen molar-refractivity contribution >= 4 is 5.91 Å². The molecule has 0 aliphatic carbocycles. The summed E-state index contributed by atoms with van der Waals surface area (Å²) < 4.78 is 20.3. The number of hydrogen-bond donors (Lipinski definition) is 0. The zero-order chi connectivity index (χ0) is 17.4. The first-order valence-electron chi connectivity index (χ1n) is 7.86. The van der Waals surface area contributed by atoms with Crippen molar-refractivity contribution in [3.05, 3.63) is 59.3 Å². The Kier molecular flexibility index (Phi) is 3.75. The van der Waals surface area contributed by atoms with Crippen molar-refractivity contribution in [1.82, 2.24) is 30.0 Å². The van der Waals surface area contributed by atoms with E-state index in [1.165, 1.54) is 16.9 Å². The molecule has 1 saturated heterocycles. The molecular weight excluding hydrogens is 327 g/mol. The summed E-state index contributed by atoms with van der Waals surface area (Å²) in [6, 6.07) is 6.24. The maximum Gasteiger partial charge on any atom is 0.276 e. The zero-order valence-electron chi connectivity index (χ0n) is 13.5. The van der Waals surface area contributed by atoms with Crippen LogP contribution >= 0.6 is 0 Å². The van der Waals surface area contributed by atoms with E-state index in [0.29, 0.717) is 23.8 Å². The van der Waals surface area contributed by atoms with Gasteiger partial charge < -0.3 is 9.42 Å². The SMILES string of the molecule is Cc1nc(Cn2cc(C(=O)N3CCC3c3ccccc3F)nn2)no1. The molecule has 3 aromatic rings. The molecule has 1 amide bonds. The molecule has 0 N–H and O–H groups in total. The van der Waals surface area contributed by atoms with Crippen LogP contribution in [0.2, 0.25) is 0 Å². The number of benzene rings is 1. The number of amides is 1. The van der Waals surface area contributed by atoms with Gasteiger partial charge in [0.1, 0.15) is 12.4 Å². The highest BCUT2D eigenvalue weighted by atomic mass is 19.1. The highest BCUT2D eigenvalue weighted by molar-refractivity contribution is 5.92. The number of likely N-dealkylation sites (tertiary alicyclic amines) is 1. The lowest BCUT2D eigenvalue weighted by Crippen LogP contribution is -2.45. The molecule has 1 aromatic carbocycles. The summed E-state index contributed by atoms with van der Waals surface area (Å²) in [5, 5.41) is 11.6. The van der Waals surface area contributed by atoms with E-state index >= 15 is 0 Å². The molecule has 0 spiro atoms. The lowest BCUT2D eigenvalue weighted by atomic mass is 9.94. The van der Waals surface area contributed by atoms with Crippen LogP contribution in [-0.4, -0.2) is 42.5 Å². The number of aromatic nitrogens is 5. The van der Waals surface area contributed by atoms with Crippen LogP contribution in [0.5, 0.6) is 0 Å². The Labute approximate surface area is 142 Å². The van der Waals surface area contributed by atoms with Crippen molar-refractivity contribution in [1.29, 1.82) is 0 Å². The average molecular weight is 342 g/mol. The van der Waals surface area contributed by atoms with Gasteiger partial charge in [0.05, 0.1) is 12.2 Å². The standard InChI is InChI=1S/C16H15FN6O2/c1-10-18-15(20-25-10)9-22-8-13(19-21-22)16(24)23-7-6-14(23)11-4-2-3-5-12(11)17/h2-5,8,14H,6-7,9H2,1H3. The van der Waals surface area contributed by atoms with E-state index in [0.717, 1.165) is 6.42 Å². The van der Waals surface area contributed by atoms with Crippen LogP contribution in [0.4, 0.5) is 4.39 Å². The molecule has 1 atom stereocenters. The van der Waals surface area contributed by atoms with E-state index < -0.39 is 0 Å². The number of carbonyl (C=O) groups is 1. The van der Waals surface area contributed by atoms with Crippen molar-refractivity contribution in [3.63, 3.8) is 0 Å². The monoisotopic (exact) mass is 342 g/mol. The fourth-order valence-electron chi connectivity index (χ4n) is 2.87. The van der Waals surface area contributed by atoms with Crippen LogP contribution in [-0.2, 0) is 6.54 Å². The molecule has 8 nitrogen and oxygen atoms in total. The first kappa shape index (κ1) is 15.4. The summed E-state index contributed by atoms with van der Waals surface area (Å²) in [7, 11) is 0. The minimum Gasteiger partial charge on any atom is -0.340 e. The summed E-state index contributed by atoms with van der Waals surface area (Å²) in [6.07, 6.45) is 2.26. The smallest absolute Gasteiger partial charge is 0.276 e. The molecule has 2 aromatic heterocycles. The van der Waals surface area contributed by atoms with E-state index in [4.69, 9.17) is 4.52 Å². The number of carbonyl (C=O) groups excluding carboxylic acids is 1.